The van der Waals surface area contributed by atoms with E-state index in [1.807, 2.05) is 26.0 Å². The van der Waals surface area contributed by atoms with Gasteiger partial charge >= 0.3 is 0 Å². The summed E-state index contributed by atoms with van der Waals surface area (Å²) in [5.41, 5.74) is 13.3. The molecule has 7 nitrogen and oxygen atoms in total. The molecule has 0 saturated carbocycles. The summed E-state index contributed by atoms with van der Waals surface area (Å²) in [7, 11) is -0.861. The second kappa shape index (κ2) is 30.9. The van der Waals surface area contributed by atoms with Crippen LogP contribution in [0.4, 0.5) is 8.78 Å². The molecule has 562 valence electrons. The zero-order valence-corrected chi connectivity index (χ0v) is 71.5. The fourth-order valence-electron chi connectivity index (χ4n) is 15.3. The molecular weight excluding hydrogens is 1450 g/mol. The number of ether oxygens (including phenoxy) is 3. The van der Waals surface area contributed by atoms with Crippen LogP contribution in [0, 0.1) is 82.8 Å². The van der Waals surface area contributed by atoms with E-state index in [1.165, 1.54) is 59.4 Å². The van der Waals surface area contributed by atoms with Gasteiger partial charge in [0.25, 0.3) is 0 Å². The second-order valence-electron chi connectivity index (χ2n) is 38.8. The maximum atomic E-state index is 16.3. The number of halogens is 2. The minimum Gasteiger partial charge on any atom is -0.505 e. The molecule has 3 heterocycles. The van der Waals surface area contributed by atoms with Crippen molar-refractivity contribution in [2.45, 2.75) is 250 Å². The van der Waals surface area contributed by atoms with Gasteiger partial charge in [-0.3, -0.25) is 0 Å². The second-order valence-corrected chi connectivity index (χ2v) is 43.9. The van der Waals surface area contributed by atoms with E-state index in [9.17, 15) is 10.2 Å². The minimum atomic E-state index is -0.861. The third-order valence-corrected chi connectivity index (χ3v) is 19.9. The predicted octanol–water partition coefficient (Wildman–Crippen LogP) is 26.0. The normalized spacial score (nSPS) is 13.7. The Morgan fingerprint density at radius 3 is 0.933 bits per heavy atom. The van der Waals surface area contributed by atoms with Crippen molar-refractivity contribution < 1.29 is 73.1 Å². The standard InChI is InChI=1S/C85H104F2N2O4.C4H8O.C4H11Si.Gd/c1-50-36-58(86)46-66(64-38-56(84(21,22)48-78(3,4)5)44-72(74(64)90)88-68-40-52(80(9,10)11)26-30-60(68)61-31-27-53(41-69(61)88)81(12,13)14)76(50)92-34-25-35-93-77-51(2)37-59(87)47-67(77)65-39-57(85(23,24)49-79(6,7)8)45-73(75(65)91)89-70-42-54(82(15,16)17)28-32-62(70)63-33-29-55(43-71(63)89)83(18,19)20;1-2-4-5-3-1;1-5(2,3)4;/h26-33,36-47,90-91H,25,34-35,48-49H2,1-24H3;1-4H2;1H2,2-4H3;/q;;-1;/p+1. The maximum Gasteiger partial charge on any atom is 0.147 e. The van der Waals surface area contributed by atoms with Gasteiger partial charge in [0.15, 0.2) is 0 Å². The van der Waals surface area contributed by atoms with Gasteiger partial charge < -0.3 is 40.1 Å². The molecule has 1 aliphatic rings. The van der Waals surface area contributed by atoms with Gasteiger partial charge in [0.05, 0.1) is 46.7 Å². The summed E-state index contributed by atoms with van der Waals surface area (Å²) in [6, 6.07) is 41.1. The van der Waals surface area contributed by atoms with E-state index in [2.05, 4.69) is 277 Å². The monoisotopic (exact) mass is 1570 g/mol. The molecular formula is C93H124F2GdN2O5Si. The van der Waals surface area contributed by atoms with Crippen LogP contribution in [0.3, 0.4) is 0 Å². The summed E-state index contributed by atoms with van der Waals surface area (Å²) >= 11 is 0. The van der Waals surface area contributed by atoms with Crippen LogP contribution in [0.2, 0.25) is 19.6 Å². The molecule has 0 bridgehead atoms. The van der Waals surface area contributed by atoms with Gasteiger partial charge in [-0.15, -0.1) is 8.07 Å². The molecule has 1 saturated heterocycles. The Balaban J connectivity index is 0.00000115. The van der Waals surface area contributed by atoms with Gasteiger partial charge in [-0.25, -0.2) is 8.78 Å². The molecule has 11 heteroatoms. The molecule has 2 aromatic heterocycles. The van der Waals surface area contributed by atoms with Gasteiger partial charge in [-0.2, -0.15) is 0 Å². The summed E-state index contributed by atoms with van der Waals surface area (Å²) in [4.78, 5) is 0. The molecule has 8 aromatic carbocycles. The molecule has 3 N–H and O–H groups in total. The van der Waals surface area contributed by atoms with Crippen molar-refractivity contribution in [1.29, 1.82) is 0 Å². The SMILES string of the molecule is C1CC[OH+]C1.Cc1cc(F)cc(-c2cc(C(C)(C)CC(C)(C)C)cc(-n3c4cc(C(C)(C)C)ccc4c4ccc(C(C)(C)C)cc43)c2O)c1OCCCOc1c(C)cc(F)cc1-c1cc(C(C)(C)CC(C)(C)C)cc(-n2c3cc(C(C)(C)C)ccc3c3ccc(C(C)(C)C)cc32)c1O.[CH2-][Si](C)(C)C.[Gd]. The molecule has 0 amide bonds. The van der Waals surface area contributed by atoms with Crippen LogP contribution in [0.25, 0.3) is 77.2 Å². The van der Waals surface area contributed by atoms with Crippen LogP contribution in [0.5, 0.6) is 23.0 Å². The molecule has 10 aromatic rings. The van der Waals surface area contributed by atoms with E-state index in [-0.39, 0.29) is 108 Å². The number of phenolic OH excluding ortho intramolecular Hbond substituents is 2. The van der Waals surface area contributed by atoms with E-state index in [0.29, 0.717) is 62.7 Å². The van der Waals surface area contributed by atoms with Crippen molar-refractivity contribution in [1.82, 2.24) is 9.13 Å². The summed E-state index contributed by atoms with van der Waals surface area (Å²) in [6.45, 7) is 66.0. The number of aryl methyl sites for hydroxylation is 2. The van der Waals surface area contributed by atoms with Crippen LogP contribution in [0.1, 0.15) is 229 Å². The van der Waals surface area contributed by atoms with Crippen molar-refractivity contribution in [3.8, 4) is 56.6 Å². The minimum absolute atomic E-state index is 0. The number of rotatable bonds is 14. The molecule has 104 heavy (non-hydrogen) atoms. The average molecular weight is 1570 g/mol. The molecule has 0 unspecified atom stereocenters. The zero-order chi connectivity index (χ0) is 76.4. The molecule has 11 rings (SSSR count). The number of hydrogen-bond donors (Lipinski definition) is 2. The first-order chi connectivity index (χ1) is 47.3. The Kier molecular flexibility index (Phi) is 24.8. The number of aromatic hydroxyl groups is 2. The Labute approximate surface area is 657 Å². The van der Waals surface area contributed by atoms with Crippen molar-refractivity contribution >= 4 is 51.7 Å². The van der Waals surface area contributed by atoms with Crippen LogP contribution >= 0.6 is 0 Å². The number of fused-ring (bicyclic) bond motifs is 6. The summed E-state index contributed by atoms with van der Waals surface area (Å²) < 4.78 is 54.8. The van der Waals surface area contributed by atoms with Crippen molar-refractivity contribution in [3.05, 3.63) is 184 Å². The quantitative estimate of drug-likeness (QED) is 0.0492. The Morgan fingerprint density at radius 2 is 0.692 bits per heavy atom. The van der Waals surface area contributed by atoms with Crippen LogP contribution in [-0.2, 0) is 32.5 Å². The molecule has 1 aliphatic heterocycles. The molecule has 1 fully saturated rings. The Bertz CT molecular complexity index is 4320. The summed E-state index contributed by atoms with van der Waals surface area (Å²) in [6.07, 6.45) is 4.72. The van der Waals surface area contributed by atoms with Gasteiger partial charge in [-0.05, 0) is 187 Å². The first-order valence-corrected chi connectivity index (χ1v) is 41.3. The summed E-state index contributed by atoms with van der Waals surface area (Å²) in [5, 5.41) is 30.8. The average Bonchev–Trinajstić information content (AvgIpc) is 1.44. The third-order valence-electron chi connectivity index (χ3n) is 19.9. The van der Waals surface area contributed by atoms with Crippen LogP contribution in [-0.4, -0.2) is 58.6 Å². The van der Waals surface area contributed by atoms with Crippen molar-refractivity contribution in [3.63, 3.8) is 0 Å². The number of hydrogen-bond acceptors (Lipinski definition) is 4. The van der Waals surface area contributed by atoms with E-state index in [1.54, 1.807) is 0 Å². The maximum absolute atomic E-state index is 16.3. The Morgan fingerprint density at radius 1 is 0.413 bits per heavy atom. The van der Waals surface area contributed by atoms with Gasteiger partial charge in [-0.1, -0.05) is 220 Å². The molecule has 0 aliphatic carbocycles. The fraction of sp³-hybridized carbons (Fsp3) is 0.473. The summed E-state index contributed by atoms with van der Waals surface area (Å²) in [5.74, 6) is 0.0528. The number of benzene rings is 8. The van der Waals surface area contributed by atoms with Gasteiger partial charge in [0.1, 0.15) is 47.8 Å². The fourth-order valence-corrected chi connectivity index (χ4v) is 15.3. The molecule has 0 spiro atoms. The topological polar surface area (TPSA) is 81.6 Å². The van der Waals surface area contributed by atoms with Gasteiger partial charge in [0.2, 0.25) is 0 Å². The number of aliphatic hydroxyl groups is 2. The molecule has 0 atom stereocenters. The number of aromatic nitrogens is 2. The van der Waals surface area contributed by atoms with E-state index in [4.69, 9.17) is 9.47 Å². The third kappa shape index (κ3) is 19.4. The Hall–Kier alpha value is -6.08. The number of phenols is 2. The van der Waals surface area contributed by atoms with Gasteiger partial charge in [0, 0.05) is 103 Å². The molecule has 0 radical (unpaired) electrons. The van der Waals surface area contributed by atoms with Crippen molar-refractivity contribution in [2.24, 2.45) is 10.8 Å². The van der Waals surface area contributed by atoms with E-state index >= 15 is 8.78 Å². The first kappa shape index (κ1) is 83.6. The largest absolute Gasteiger partial charge is 0.505 e. The van der Waals surface area contributed by atoms with E-state index in [0.717, 1.165) is 80.8 Å². The van der Waals surface area contributed by atoms with Crippen LogP contribution < -0.4 is 9.47 Å². The first-order valence-electron chi connectivity index (χ1n) is 37.6. The van der Waals surface area contributed by atoms with Crippen LogP contribution in [0.15, 0.2) is 121 Å². The predicted molar refractivity (Wildman–Crippen MR) is 440 cm³/mol. The van der Waals surface area contributed by atoms with Crippen molar-refractivity contribution in [2.75, 3.05) is 26.4 Å². The zero-order valence-electron chi connectivity index (χ0n) is 68.3. The number of nitrogens with zero attached hydrogens (tertiary/aromatic N) is 2. The van der Waals surface area contributed by atoms with E-state index < -0.39 is 19.7 Å². The smallest absolute Gasteiger partial charge is 0.147 e.